The second-order valence-corrected chi connectivity index (χ2v) is 9.58. The molecule has 0 radical (unpaired) electrons. The summed E-state index contributed by atoms with van der Waals surface area (Å²) in [4.78, 5) is 0.216. The van der Waals surface area contributed by atoms with Crippen molar-refractivity contribution in [1.82, 2.24) is 4.31 Å². The van der Waals surface area contributed by atoms with E-state index in [4.69, 9.17) is 4.74 Å². The van der Waals surface area contributed by atoms with E-state index in [-0.39, 0.29) is 29.5 Å². The third kappa shape index (κ3) is 3.44. The van der Waals surface area contributed by atoms with Crippen molar-refractivity contribution in [3.63, 3.8) is 0 Å². The summed E-state index contributed by atoms with van der Waals surface area (Å²) in [6.07, 6.45) is 0. The number of ether oxygens (including phenoxy) is 1. The van der Waals surface area contributed by atoms with Crippen molar-refractivity contribution in [2.75, 3.05) is 31.2 Å². The predicted molar refractivity (Wildman–Crippen MR) is 84.5 cm³/mol. The quantitative estimate of drug-likeness (QED) is 0.815. The molecule has 1 aliphatic rings. The van der Waals surface area contributed by atoms with Crippen molar-refractivity contribution in [1.29, 1.82) is 0 Å². The highest BCUT2D eigenvalue weighted by molar-refractivity contribution is 7.92. The zero-order chi connectivity index (χ0) is 16.5. The number of sulfone groups is 1. The monoisotopic (exact) mass is 347 g/mol. The maximum absolute atomic E-state index is 12.7. The molecule has 2 rings (SSSR count). The minimum atomic E-state index is -3.68. The molecule has 22 heavy (non-hydrogen) atoms. The van der Waals surface area contributed by atoms with Crippen LogP contribution >= 0.6 is 0 Å². The molecule has 1 heterocycles. The number of aryl methyl sites for hydroxylation is 2. The molecule has 124 valence electrons. The van der Waals surface area contributed by atoms with Gasteiger partial charge in [0.05, 0.1) is 23.0 Å². The maximum atomic E-state index is 12.7. The van der Waals surface area contributed by atoms with Crippen molar-refractivity contribution in [3.8, 4) is 5.75 Å². The van der Waals surface area contributed by atoms with E-state index in [0.29, 0.717) is 17.9 Å². The molecule has 0 N–H and O–H groups in total. The van der Waals surface area contributed by atoms with Gasteiger partial charge in [-0.25, -0.2) is 16.8 Å². The van der Waals surface area contributed by atoms with Gasteiger partial charge in [0, 0.05) is 13.1 Å². The number of hydrogen-bond acceptors (Lipinski definition) is 5. The molecule has 1 saturated heterocycles. The Bertz CT molecular complexity index is 755. The maximum Gasteiger partial charge on any atom is 0.243 e. The minimum Gasteiger partial charge on any atom is -0.494 e. The molecular weight excluding hydrogens is 326 g/mol. The lowest BCUT2D eigenvalue weighted by Crippen LogP contribution is -2.43. The molecule has 0 bridgehead atoms. The summed E-state index contributed by atoms with van der Waals surface area (Å²) in [7, 11) is -6.80. The summed E-state index contributed by atoms with van der Waals surface area (Å²) in [6, 6.07) is 3.31. The van der Waals surface area contributed by atoms with Gasteiger partial charge in [0.15, 0.2) is 9.84 Å². The van der Waals surface area contributed by atoms with Gasteiger partial charge in [0.1, 0.15) is 5.75 Å². The zero-order valence-electron chi connectivity index (χ0n) is 13.0. The molecule has 0 unspecified atom stereocenters. The van der Waals surface area contributed by atoms with Crippen LogP contribution in [0.3, 0.4) is 0 Å². The van der Waals surface area contributed by atoms with Crippen LogP contribution in [0.2, 0.25) is 0 Å². The van der Waals surface area contributed by atoms with Crippen LogP contribution in [-0.2, 0) is 19.9 Å². The van der Waals surface area contributed by atoms with E-state index in [1.54, 1.807) is 26.0 Å². The first-order chi connectivity index (χ1) is 10.2. The topological polar surface area (TPSA) is 80.8 Å². The number of rotatable bonds is 4. The number of benzene rings is 1. The molecule has 0 atom stereocenters. The molecule has 0 spiro atoms. The van der Waals surface area contributed by atoms with Crippen LogP contribution in [0, 0.1) is 13.8 Å². The highest BCUT2D eigenvalue weighted by Gasteiger charge is 2.32. The van der Waals surface area contributed by atoms with Crippen LogP contribution in [0.25, 0.3) is 0 Å². The lowest BCUT2D eigenvalue weighted by molar-refractivity contribution is 0.337. The van der Waals surface area contributed by atoms with Gasteiger partial charge in [-0.3, -0.25) is 0 Å². The van der Waals surface area contributed by atoms with E-state index in [9.17, 15) is 16.8 Å². The number of hydrogen-bond donors (Lipinski definition) is 0. The molecule has 0 saturated carbocycles. The summed E-state index contributed by atoms with van der Waals surface area (Å²) >= 11 is 0. The normalized spacial score (nSPS) is 19.0. The average Bonchev–Trinajstić information content (AvgIpc) is 2.42. The second kappa shape index (κ2) is 6.17. The summed E-state index contributed by atoms with van der Waals surface area (Å²) in [5.74, 6) is 0.419. The summed E-state index contributed by atoms with van der Waals surface area (Å²) in [5.41, 5.74) is 1.35. The van der Waals surface area contributed by atoms with Gasteiger partial charge in [0.25, 0.3) is 0 Å². The van der Waals surface area contributed by atoms with E-state index >= 15 is 0 Å². The minimum absolute atomic E-state index is 0.0103. The number of nitrogens with zero attached hydrogens (tertiary/aromatic N) is 1. The van der Waals surface area contributed by atoms with Gasteiger partial charge in [0.2, 0.25) is 10.0 Å². The van der Waals surface area contributed by atoms with Crippen molar-refractivity contribution in [2.45, 2.75) is 25.7 Å². The van der Waals surface area contributed by atoms with Crippen molar-refractivity contribution < 1.29 is 21.6 Å². The van der Waals surface area contributed by atoms with Gasteiger partial charge < -0.3 is 4.74 Å². The molecule has 0 aliphatic carbocycles. The van der Waals surface area contributed by atoms with Crippen LogP contribution in [0.5, 0.6) is 5.75 Å². The second-order valence-electron chi connectivity index (χ2n) is 5.37. The van der Waals surface area contributed by atoms with Gasteiger partial charge in [-0.15, -0.1) is 0 Å². The van der Waals surface area contributed by atoms with E-state index < -0.39 is 19.9 Å². The molecule has 1 aliphatic heterocycles. The van der Waals surface area contributed by atoms with Gasteiger partial charge >= 0.3 is 0 Å². The SMILES string of the molecule is CCOc1cc(C)c(S(=O)(=O)N2CCS(=O)(=O)CC2)cc1C. The molecular formula is C14H21NO5S2. The Labute approximate surface area is 132 Å². The zero-order valence-corrected chi connectivity index (χ0v) is 14.6. The van der Waals surface area contributed by atoms with Crippen LogP contribution in [0.15, 0.2) is 17.0 Å². The Balaban J connectivity index is 2.36. The van der Waals surface area contributed by atoms with Gasteiger partial charge in [-0.05, 0) is 44.0 Å². The lowest BCUT2D eigenvalue weighted by Gasteiger charge is -2.27. The first kappa shape index (κ1) is 17.2. The average molecular weight is 347 g/mol. The van der Waals surface area contributed by atoms with Gasteiger partial charge in [-0.1, -0.05) is 0 Å². The Morgan fingerprint density at radius 3 is 2.27 bits per heavy atom. The van der Waals surface area contributed by atoms with Crippen molar-refractivity contribution >= 4 is 19.9 Å². The van der Waals surface area contributed by atoms with E-state index in [2.05, 4.69) is 0 Å². The fourth-order valence-corrected chi connectivity index (χ4v) is 5.59. The highest BCUT2D eigenvalue weighted by atomic mass is 32.2. The Hall–Kier alpha value is -1.12. The third-order valence-corrected chi connectivity index (χ3v) is 7.34. The smallest absolute Gasteiger partial charge is 0.243 e. The molecule has 1 aromatic rings. The first-order valence-electron chi connectivity index (χ1n) is 7.12. The Morgan fingerprint density at radius 1 is 1.14 bits per heavy atom. The van der Waals surface area contributed by atoms with Crippen molar-refractivity contribution in [3.05, 3.63) is 23.3 Å². The van der Waals surface area contributed by atoms with Crippen LogP contribution in [-0.4, -0.2) is 52.3 Å². The molecule has 1 aromatic carbocycles. The molecule has 0 aromatic heterocycles. The molecule has 6 nitrogen and oxygen atoms in total. The standard InChI is InChI=1S/C14H21NO5S2/c1-4-20-13-9-12(3)14(10-11(13)2)22(18,19)15-5-7-21(16,17)8-6-15/h9-10H,4-8H2,1-3H3. The largest absolute Gasteiger partial charge is 0.494 e. The Morgan fingerprint density at radius 2 is 1.73 bits per heavy atom. The van der Waals surface area contributed by atoms with Crippen LogP contribution in [0.4, 0.5) is 0 Å². The fourth-order valence-electron chi connectivity index (χ4n) is 2.43. The predicted octanol–water partition coefficient (Wildman–Crippen LogP) is 1.12. The van der Waals surface area contributed by atoms with Crippen LogP contribution < -0.4 is 4.74 Å². The summed E-state index contributed by atoms with van der Waals surface area (Å²) in [5, 5.41) is 0. The third-order valence-electron chi connectivity index (χ3n) is 3.69. The van der Waals surface area contributed by atoms with E-state index in [1.807, 2.05) is 6.92 Å². The van der Waals surface area contributed by atoms with Crippen molar-refractivity contribution in [2.24, 2.45) is 0 Å². The van der Waals surface area contributed by atoms with Gasteiger partial charge in [-0.2, -0.15) is 4.31 Å². The lowest BCUT2D eigenvalue weighted by atomic mass is 10.1. The fraction of sp³-hybridized carbons (Fsp3) is 0.571. The van der Waals surface area contributed by atoms with E-state index in [0.717, 1.165) is 5.56 Å². The molecule has 1 fully saturated rings. The first-order valence-corrected chi connectivity index (χ1v) is 10.4. The van der Waals surface area contributed by atoms with Crippen LogP contribution in [0.1, 0.15) is 18.1 Å². The summed E-state index contributed by atoms with van der Waals surface area (Å²) < 4.78 is 55.1. The van der Waals surface area contributed by atoms with E-state index in [1.165, 1.54) is 4.31 Å². The molecule has 8 heteroatoms. The molecule has 0 amide bonds. The Kier molecular flexibility index (Phi) is 4.84. The summed E-state index contributed by atoms with van der Waals surface area (Å²) in [6.45, 7) is 5.91. The highest BCUT2D eigenvalue weighted by Crippen LogP contribution is 2.28. The number of sulfonamides is 1.